The van der Waals surface area contributed by atoms with Gasteiger partial charge in [0.1, 0.15) is 26.7 Å². The average molecular weight is 699 g/mol. The molecule has 0 N–H and O–H groups in total. The van der Waals surface area contributed by atoms with Crippen molar-refractivity contribution in [2.45, 2.75) is 62.3 Å². The molecule has 0 heterocycles. The summed E-state index contributed by atoms with van der Waals surface area (Å²) in [5.41, 5.74) is 1.78. The first-order chi connectivity index (χ1) is 22.7. The molecule has 0 bridgehead atoms. The van der Waals surface area contributed by atoms with E-state index in [0.717, 1.165) is 39.3 Å². The Balaban J connectivity index is -0.000000171. The van der Waals surface area contributed by atoms with Crippen LogP contribution in [0, 0.1) is 0 Å². The molecule has 0 spiro atoms. The maximum absolute atomic E-state index is 11.0. The lowest BCUT2D eigenvalue weighted by molar-refractivity contribution is -0.144. The predicted molar refractivity (Wildman–Crippen MR) is 202 cm³/mol. The Labute approximate surface area is 299 Å². The molecule has 0 aromatic rings. The maximum atomic E-state index is 11.0. The number of hydrogen-bond donors (Lipinski definition) is 0. The zero-order valence-corrected chi connectivity index (χ0v) is 33.2. The molecule has 12 heteroatoms. The molecule has 0 aliphatic carbocycles. The molecule has 286 valence electrons. The third-order valence-corrected chi connectivity index (χ3v) is 5.43. The second-order valence-electron chi connectivity index (χ2n) is 11.1. The Kier molecular flexibility index (Phi) is 41.7. The number of hydrogen-bond acceptors (Lipinski definition) is 12. The number of rotatable bonds is 18. The fraction of sp³-hybridized carbons (Fsp3) is 0.622. The minimum atomic E-state index is -0.339. The van der Waals surface area contributed by atoms with E-state index in [-0.39, 0.29) is 23.9 Å². The van der Waals surface area contributed by atoms with Crippen LogP contribution >= 0.6 is 0 Å². The summed E-state index contributed by atoms with van der Waals surface area (Å²) in [6.45, 7) is 40.8. The monoisotopic (exact) mass is 699 g/mol. The van der Waals surface area contributed by atoms with Crippen molar-refractivity contribution in [1.29, 1.82) is 0 Å². The van der Waals surface area contributed by atoms with E-state index in [1.807, 2.05) is 58.8 Å². The van der Waals surface area contributed by atoms with Crippen LogP contribution in [-0.4, -0.2) is 138 Å². The third kappa shape index (κ3) is 44.4. The molecule has 0 aliphatic heterocycles. The van der Waals surface area contributed by atoms with E-state index in [0.29, 0.717) is 49.0 Å². The van der Waals surface area contributed by atoms with Crippen LogP contribution in [0.1, 0.15) is 62.3 Å². The molecule has 0 amide bonds. The highest BCUT2D eigenvalue weighted by molar-refractivity contribution is 5.88. The highest BCUT2D eigenvalue weighted by Gasteiger charge is 2.06. The number of ether oxygens (including phenoxy) is 4. The van der Waals surface area contributed by atoms with Gasteiger partial charge in [0.15, 0.2) is 0 Å². The minimum absolute atomic E-state index is 0.299. The Morgan fingerprint density at radius 2 is 0.796 bits per heavy atom. The van der Waals surface area contributed by atoms with Gasteiger partial charge in [0.2, 0.25) is 0 Å². The van der Waals surface area contributed by atoms with Gasteiger partial charge in [-0.15, -0.1) is 6.58 Å². The number of likely N-dealkylation sites (N-methyl/N-ethyl adjacent to an activating group) is 2. The normalized spacial score (nSPS) is 9.57. The van der Waals surface area contributed by atoms with Crippen LogP contribution < -0.4 is 0 Å². The van der Waals surface area contributed by atoms with Crippen molar-refractivity contribution in [3.05, 3.63) is 61.3 Å². The number of allylic oxidation sites excluding steroid dienone is 1. The summed E-state index contributed by atoms with van der Waals surface area (Å²) in [6, 6.07) is 0. The van der Waals surface area contributed by atoms with Crippen LogP contribution in [0.25, 0.3) is 0 Å². The van der Waals surface area contributed by atoms with Crippen molar-refractivity contribution in [3.63, 3.8) is 0 Å². The quantitative estimate of drug-likeness (QED) is 0.0605. The number of carbonyl (C=O) groups excluding carboxylic acids is 4. The molecular weight excluding hydrogens is 628 g/mol. The molecule has 0 aromatic heterocycles. The van der Waals surface area contributed by atoms with Gasteiger partial charge in [-0.05, 0) is 89.0 Å². The van der Waals surface area contributed by atoms with Gasteiger partial charge < -0.3 is 28.7 Å². The van der Waals surface area contributed by atoms with E-state index >= 15 is 0 Å². The lowest BCUT2D eigenvalue weighted by atomic mass is 10.4. The molecule has 0 saturated heterocycles. The van der Waals surface area contributed by atoms with Crippen molar-refractivity contribution in [3.8, 4) is 0 Å². The topological polar surface area (TPSA) is 118 Å². The lowest BCUT2D eigenvalue weighted by Gasteiger charge is -2.17. The summed E-state index contributed by atoms with van der Waals surface area (Å²) in [4.78, 5) is 51.3. The zero-order chi connectivity index (χ0) is 39.5. The molecule has 0 radical (unpaired) electrons. The van der Waals surface area contributed by atoms with Crippen LogP contribution in [-0.2, 0) is 38.1 Å². The number of nitrogens with zero attached hydrogens (tertiary/aromatic N) is 4. The van der Waals surface area contributed by atoms with E-state index in [1.165, 1.54) is 0 Å². The van der Waals surface area contributed by atoms with E-state index < -0.39 is 0 Å². The summed E-state index contributed by atoms with van der Waals surface area (Å²) in [7, 11) is 7.50. The smallest absolute Gasteiger partial charge is 0.334 e. The molecule has 0 rings (SSSR count). The summed E-state index contributed by atoms with van der Waals surface area (Å²) < 4.78 is 19.5. The fourth-order valence-electron chi connectivity index (χ4n) is 2.36. The first kappa shape index (κ1) is 54.9. The Bertz CT molecular complexity index is 969. The highest BCUT2D eigenvalue weighted by atomic mass is 16.6. The average Bonchev–Trinajstić information content (AvgIpc) is 3.03. The maximum Gasteiger partial charge on any atom is 0.334 e. The van der Waals surface area contributed by atoms with E-state index in [2.05, 4.69) is 51.6 Å². The molecule has 12 nitrogen and oxygen atoms in total. The van der Waals surface area contributed by atoms with Crippen molar-refractivity contribution < 1.29 is 38.1 Å². The lowest BCUT2D eigenvalue weighted by Crippen LogP contribution is -2.27. The molecule has 0 atom stereocenters. The van der Waals surface area contributed by atoms with Gasteiger partial charge in [0, 0.05) is 35.4 Å². The van der Waals surface area contributed by atoms with Crippen molar-refractivity contribution in [2.75, 3.05) is 94.1 Å². The van der Waals surface area contributed by atoms with Crippen LogP contribution in [0.2, 0.25) is 0 Å². The first-order valence-corrected chi connectivity index (χ1v) is 16.3. The summed E-state index contributed by atoms with van der Waals surface area (Å²) in [5, 5.41) is 0. The first-order valence-electron chi connectivity index (χ1n) is 16.3. The van der Waals surface area contributed by atoms with E-state index in [9.17, 15) is 19.2 Å². The van der Waals surface area contributed by atoms with Gasteiger partial charge in [0.05, 0.1) is 0 Å². The van der Waals surface area contributed by atoms with Crippen LogP contribution in [0.3, 0.4) is 0 Å². The Hall–Kier alpha value is -3.58. The SMILES string of the molecule is C=C(C)C(=O)OCCN(C)C.C=C(C)C(=O)OCCN(CC)CC.C=C(C)C(=O)OCN(C)C.C=C(C)C(=O)OCN(CC)CC.C=CC. The summed E-state index contributed by atoms with van der Waals surface area (Å²) in [6.07, 6.45) is 1.75. The largest absolute Gasteiger partial charge is 0.461 e. The van der Waals surface area contributed by atoms with Crippen molar-refractivity contribution >= 4 is 23.9 Å². The Morgan fingerprint density at radius 3 is 1.06 bits per heavy atom. The second kappa shape index (κ2) is 37.2. The molecule has 0 fully saturated rings. The summed E-state index contributed by atoms with van der Waals surface area (Å²) >= 11 is 0. The third-order valence-electron chi connectivity index (χ3n) is 5.43. The molecule has 0 saturated carbocycles. The van der Waals surface area contributed by atoms with Crippen LogP contribution in [0.4, 0.5) is 0 Å². The van der Waals surface area contributed by atoms with Gasteiger partial charge in [-0.1, -0.05) is 60.1 Å². The van der Waals surface area contributed by atoms with E-state index in [1.54, 1.807) is 38.7 Å². The molecule has 0 unspecified atom stereocenters. The zero-order valence-electron chi connectivity index (χ0n) is 33.2. The summed E-state index contributed by atoms with van der Waals surface area (Å²) in [5.74, 6) is -1.27. The number of esters is 4. The van der Waals surface area contributed by atoms with Gasteiger partial charge in [-0.25, -0.2) is 19.2 Å². The van der Waals surface area contributed by atoms with Gasteiger partial charge >= 0.3 is 23.9 Å². The van der Waals surface area contributed by atoms with Crippen molar-refractivity contribution in [1.82, 2.24) is 19.6 Å². The molecular formula is C37H70N4O8. The molecule has 0 aliphatic rings. The number of carbonyl (C=O) groups is 4. The van der Waals surface area contributed by atoms with Crippen molar-refractivity contribution in [2.24, 2.45) is 0 Å². The standard InChI is InChI=1S/C10H19NO2.C9H17NO2.C8H15NO2.C7H13NO2.C3H6/c1-5-11(6-2)7-8-13-10(12)9(3)4;1-5-10(6-2)7-12-9(11)8(3)4;1-7(2)8(10)11-6-5-9(3)4;1-6(2)7(9)10-5-8(3)4;1-3-2/h3,5-8H2,1-2,4H3;3,5-7H2,1-2,4H3;1,5-6H2,2-4H3;1,5H2,2-4H3;3H,1H2,2H3. The van der Waals surface area contributed by atoms with Crippen LogP contribution in [0.15, 0.2) is 61.3 Å². The van der Waals surface area contributed by atoms with E-state index in [4.69, 9.17) is 18.9 Å². The van der Waals surface area contributed by atoms with Crippen LogP contribution in [0.5, 0.6) is 0 Å². The second-order valence-corrected chi connectivity index (χ2v) is 11.1. The molecule has 0 aromatic carbocycles. The van der Waals surface area contributed by atoms with Gasteiger partial charge in [-0.3, -0.25) is 9.80 Å². The Morgan fingerprint density at radius 1 is 0.510 bits per heavy atom. The molecule has 49 heavy (non-hydrogen) atoms. The predicted octanol–water partition coefficient (Wildman–Crippen LogP) is 5.34. The van der Waals surface area contributed by atoms with Gasteiger partial charge in [-0.2, -0.15) is 0 Å². The van der Waals surface area contributed by atoms with Gasteiger partial charge in [0.25, 0.3) is 0 Å². The minimum Gasteiger partial charge on any atom is -0.461 e. The fourth-order valence-corrected chi connectivity index (χ4v) is 2.36. The highest BCUT2D eigenvalue weighted by Crippen LogP contribution is 1.96.